The summed E-state index contributed by atoms with van der Waals surface area (Å²) in [5, 5.41) is 12.5. The summed E-state index contributed by atoms with van der Waals surface area (Å²) in [4.78, 5) is 11.2. The van der Waals surface area contributed by atoms with Crippen LogP contribution in [0.15, 0.2) is 17.5 Å². The molecule has 0 bridgehead atoms. The number of carbonyl (C=O) groups is 1. The van der Waals surface area contributed by atoms with Crippen molar-refractivity contribution in [2.75, 3.05) is 6.54 Å². The van der Waals surface area contributed by atoms with Gasteiger partial charge in [-0.3, -0.25) is 0 Å². The maximum Gasteiger partial charge on any atom is 0.404 e. The molecule has 0 fully saturated rings. The van der Waals surface area contributed by atoms with Crippen LogP contribution in [0.3, 0.4) is 0 Å². The average Bonchev–Trinajstić information content (AvgIpc) is 2.39. The lowest BCUT2D eigenvalue weighted by Gasteiger charge is -1.96. The van der Waals surface area contributed by atoms with Crippen LogP contribution in [0.5, 0.6) is 0 Å². The Morgan fingerprint density at radius 1 is 1.73 bits per heavy atom. The van der Waals surface area contributed by atoms with Gasteiger partial charge in [0.15, 0.2) is 0 Å². The standard InChI is InChI=1S/C7H9NO2S/c9-7(10)8-4-3-6-2-1-5-11-6/h1-2,5,8H,3-4H2,(H,9,10). The summed E-state index contributed by atoms with van der Waals surface area (Å²) in [6, 6.07) is 3.95. The van der Waals surface area contributed by atoms with Crippen LogP contribution in [0.4, 0.5) is 4.79 Å². The Kier molecular flexibility index (Phi) is 2.92. The van der Waals surface area contributed by atoms with Gasteiger partial charge in [-0.1, -0.05) is 6.07 Å². The zero-order valence-corrected chi connectivity index (χ0v) is 6.73. The minimum absolute atomic E-state index is 0.496. The Bertz CT molecular complexity index is 220. The fourth-order valence-corrected chi connectivity index (χ4v) is 1.46. The fourth-order valence-electron chi connectivity index (χ4n) is 0.747. The molecule has 0 aromatic carbocycles. The van der Waals surface area contributed by atoms with Crippen molar-refractivity contribution in [2.24, 2.45) is 0 Å². The molecule has 2 N–H and O–H groups in total. The second-order valence-electron chi connectivity index (χ2n) is 2.06. The Balaban J connectivity index is 2.19. The topological polar surface area (TPSA) is 49.3 Å². The predicted octanol–water partition coefficient (Wildman–Crippen LogP) is 1.56. The van der Waals surface area contributed by atoms with E-state index in [1.165, 1.54) is 4.88 Å². The molecule has 3 nitrogen and oxygen atoms in total. The summed E-state index contributed by atoms with van der Waals surface area (Å²) in [6.45, 7) is 0.496. The molecule has 0 atom stereocenters. The van der Waals surface area contributed by atoms with Gasteiger partial charge in [0, 0.05) is 11.4 Å². The Hall–Kier alpha value is -1.03. The minimum atomic E-state index is -0.957. The van der Waals surface area contributed by atoms with Crippen LogP contribution in [0.2, 0.25) is 0 Å². The van der Waals surface area contributed by atoms with Crippen molar-refractivity contribution in [3.05, 3.63) is 22.4 Å². The lowest BCUT2D eigenvalue weighted by Crippen LogP contribution is -2.22. The van der Waals surface area contributed by atoms with Crippen LogP contribution in [-0.2, 0) is 6.42 Å². The number of nitrogens with one attached hydrogen (secondary N) is 1. The van der Waals surface area contributed by atoms with Gasteiger partial charge in [-0.05, 0) is 17.9 Å². The molecule has 60 valence electrons. The molecule has 0 aliphatic heterocycles. The highest BCUT2D eigenvalue weighted by Crippen LogP contribution is 2.07. The van der Waals surface area contributed by atoms with E-state index in [0.29, 0.717) is 6.54 Å². The molecular weight excluding hydrogens is 162 g/mol. The van der Waals surface area contributed by atoms with E-state index < -0.39 is 6.09 Å². The fraction of sp³-hybridized carbons (Fsp3) is 0.286. The SMILES string of the molecule is O=C(O)NCCc1cccs1. The number of hydrogen-bond donors (Lipinski definition) is 2. The molecule has 0 radical (unpaired) electrons. The van der Waals surface area contributed by atoms with Gasteiger partial charge < -0.3 is 10.4 Å². The number of thiophene rings is 1. The highest BCUT2D eigenvalue weighted by atomic mass is 32.1. The average molecular weight is 171 g/mol. The zero-order chi connectivity index (χ0) is 8.10. The number of rotatable bonds is 3. The van der Waals surface area contributed by atoms with E-state index in [9.17, 15) is 4.79 Å². The third-order valence-corrected chi connectivity index (χ3v) is 2.16. The molecule has 1 rings (SSSR count). The predicted molar refractivity (Wildman–Crippen MR) is 44.1 cm³/mol. The number of amides is 1. The second kappa shape index (κ2) is 3.98. The van der Waals surface area contributed by atoms with Crippen molar-refractivity contribution >= 4 is 17.4 Å². The molecule has 1 heterocycles. The number of hydrogen-bond acceptors (Lipinski definition) is 2. The summed E-state index contributed by atoms with van der Waals surface area (Å²) in [5.74, 6) is 0. The smallest absolute Gasteiger partial charge is 0.404 e. The monoisotopic (exact) mass is 171 g/mol. The normalized spacial score (nSPS) is 9.45. The third kappa shape index (κ3) is 3.04. The van der Waals surface area contributed by atoms with Gasteiger partial charge in [0.2, 0.25) is 0 Å². The van der Waals surface area contributed by atoms with Crippen LogP contribution in [-0.4, -0.2) is 17.7 Å². The van der Waals surface area contributed by atoms with Gasteiger partial charge in [-0.15, -0.1) is 11.3 Å². The zero-order valence-electron chi connectivity index (χ0n) is 5.91. The highest BCUT2D eigenvalue weighted by molar-refractivity contribution is 7.09. The van der Waals surface area contributed by atoms with Gasteiger partial charge in [0.05, 0.1) is 0 Å². The van der Waals surface area contributed by atoms with Crippen LogP contribution in [0.25, 0.3) is 0 Å². The van der Waals surface area contributed by atoms with E-state index in [0.717, 1.165) is 6.42 Å². The van der Waals surface area contributed by atoms with Crippen molar-refractivity contribution in [1.82, 2.24) is 5.32 Å². The quantitative estimate of drug-likeness (QED) is 0.725. The van der Waals surface area contributed by atoms with Crippen molar-refractivity contribution in [1.29, 1.82) is 0 Å². The number of carboxylic acid groups (broad SMARTS) is 1. The summed E-state index contributed by atoms with van der Waals surface area (Å²) < 4.78 is 0. The minimum Gasteiger partial charge on any atom is -0.465 e. The van der Waals surface area contributed by atoms with Gasteiger partial charge >= 0.3 is 6.09 Å². The molecule has 0 spiro atoms. The van der Waals surface area contributed by atoms with Gasteiger partial charge in [0.25, 0.3) is 0 Å². The van der Waals surface area contributed by atoms with Gasteiger partial charge in [0.1, 0.15) is 0 Å². The molecule has 0 saturated heterocycles. The van der Waals surface area contributed by atoms with Crippen LogP contribution in [0.1, 0.15) is 4.88 Å². The summed E-state index contributed by atoms with van der Waals surface area (Å²) in [6.07, 6.45) is -0.175. The molecule has 0 aliphatic carbocycles. The molecule has 1 amide bonds. The van der Waals surface area contributed by atoms with Gasteiger partial charge in [-0.25, -0.2) is 4.79 Å². The van der Waals surface area contributed by atoms with E-state index in [4.69, 9.17) is 5.11 Å². The van der Waals surface area contributed by atoms with Crippen molar-refractivity contribution in [3.63, 3.8) is 0 Å². The van der Waals surface area contributed by atoms with Crippen molar-refractivity contribution in [3.8, 4) is 0 Å². The van der Waals surface area contributed by atoms with E-state index in [1.54, 1.807) is 11.3 Å². The molecule has 0 aliphatic rings. The Morgan fingerprint density at radius 3 is 3.09 bits per heavy atom. The first kappa shape index (κ1) is 8.07. The summed E-state index contributed by atoms with van der Waals surface area (Å²) in [5.41, 5.74) is 0. The van der Waals surface area contributed by atoms with Gasteiger partial charge in [-0.2, -0.15) is 0 Å². The first-order valence-electron chi connectivity index (χ1n) is 3.28. The Labute approximate surface area is 68.7 Å². The molecular formula is C7H9NO2S. The summed E-state index contributed by atoms with van der Waals surface area (Å²) in [7, 11) is 0. The lowest BCUT2D eigenvalue weighted by atomic mass is 10.3. The molecule has 1 aromatic rings. The maximum atomic E-state index is 10.0. The Morgan fingerprint density at radius 2 is 2.55 bits per heavy atom. The van der Waals surface area contributed by atoms with E-state index in [1.807, 2.05) is 17.5 Å². The molecule has 0 saturated carbocycles. The van der Waals surface area contributed by atoms with E-state index >= 15 is 0 Å². The van der Waals surface area contributed by atoms with Crippen LogP contribution in [0, 0.1) is 0 Å². The third-order valence-electron chi connectivity index (χ3n) is 1.23. The highest BCUT2D eigenvalue weighted by Gasteiger charge is 1.95. The first-order valence-corrected chi connectivity index (χ1v) is 4.16. The maximum absolute atomic E-state index is 10.0. The first-order chi connectivity index (χ1) is 5.29. The van der Waals surface area contributed by atoms with E-state index in [2.05, 4.69) is 5.32 Å². The second-order valence-corrected chi connectivity index (χ2v) is 3.09. The molecule has 1 aromatic heterocycles. The van der Waals surface area contributed by atoms with Crippen molar-refractivity contribution < 1.29 is 9.90 Å². The van der Waals surface area contributed by atoms with Crippen LogP contribution >= 0.6 is 11.3 Å². The molecule has 4 heteroatoms. The largest absolute Gasteiger partial charge is 0.465 e. The van der Waals surface area contributed by atoms with Crippen molar-refractivity contribution in [2.45, 2.75) is 6.42 Å². The molecule has 11 heavy (non-hydrogen) atoms. The molecule has 0 unspecified atom stereocenters. The van der Waals surface area contributed by atoms with E-state index in [-0.39, 0.29) is 0 Å². The summed E-state index contributed by atoms with van der Waals surface area (Å²) >= 11 is 1.64. The lowest BCUT2D eigenvalue weighted by molar-refractivity contribution is 0.194. The van der Waals surface area contributed by atoms with Crippen LogP contribution < -0.4 is 5.32 Å².